The summed E-state index contributed by atoms with van der Waals surface area (Å²) in [6.45, 7) is 0.725. The number of carboxylic acids is 1. The van der Waals surface area contributed by atoms with Crippen molar-refractivity contribution >= 4 is 11.9 Å². The third-order valence-corrected chi connectivity index (χ3v) is 5.34. The van der Waals surface area contributed by atoms with Crippen LogP contribution in [-0.2, 0) is 9.59 Å². The normalized spacial score (nSPS) is 36.2. The van der Waals surface area contributed by atoms with Crippen LogP contribution in [0, 0.1) is 29.6 Å². The Morgan fingerprint density at radius 1 is 1.05 bits per heavy atom. The molecule has 2 bridgehead atoms. The second kappa shape index (κ2) is 5.58. The molecular weight excluding hydrogens is 254 g/mol. The highest BCUT2D eigenvalue weighted by Gasteiger charge is 2.51. The minimum Gasteiger partial charge on any atom is -0.481 e. The molecule has 20 heavy (non-hydrogen) atoms. The Kier molecular flexibility index (Phi) is 3.81. The van der Waals surface area contributed by atoms with Crippen LogP contribution in [0.4, 0.5) is 0 Å². The van der Waals surface area contributed by atoms with Crippen LogP contribution >= 0.6 is 0 Å². The monoisotopic (exact) mass is 277 g/mol. The van der Waals surface area contributed by atoms with Gasteiger partial charge in [0.1, 0.15) is 0 Å². The van der Waals surface area contributed by atoms with Gasteiger partial charge < -0.3 is 10.4 Å². The van der Waals surface area contributed by atoms with Gasteiger partial charge in [-0.1, -0.05) is 31.4 Å². The lowest BCUT2D eigenvalue weighted by Gasteiger charge is -2.26. The average molecular weight is 277 g/mol. The second-order valence-electron chi connectivity index (χ2n) is 6.59. The predicted molar refractivity (Wildman–Crippen MR) is 74.9 cm³/mol. The van der Waals surface area contributed by atoms with Gasteiger partial charge in [0, 0.05) is 6.54 Å². The minimum absolute atomic E-state index is 0.0418. The lowest BCUT2D eigenvalue weighted by atomic mass is 9.82. The molecule has 3 aliphatic carbocycles. The summed E-state index contributed by atoms with van der Waals surface area (Å²) in [4.78, 5) is 23.8. The number of carboxylic acid groups (broad SMARTS) is 1. The molecule has 0 aromatic carbocycles. The molecule has 0 aromatic rings. The number of nitrogens with one attached hydrogen (secondary N) is 1. The molecule has 4 heteroatoms. The summed E-state index contributed by atoms with van der Waals surface area (Å²) in [7, 11) is 0. The van der Waals surface area contributed by atoms with Gasteiger partial charge in [-0.25, -0.2) is 0 Å². The topological polar surface area (TPSA) is 66.4 Å². The fourth-order valence-corrected chi connectivity index (χ4v) is 4.27. The van der Waals surface area contributed by atoms with E-state index in [1.54, 1.807) is 0 Å². The summed E-state index contributed by atoms with van der Waals surface area (Å²) in [5.74, 6) is -0.956. The van der Waals surface area contributed by atoms with Crippen LogP contribution in [0.15, 0.2) is 12.2 Å². The zero-order chi connectivity index (χ0) is 14.1. The number of fused-ring (bicyclic) bond motifs is 2. The summed E-state index contributed by atoms with van der Waals surface area (Å²) in [6, 6.07) is 0. The maximum absolute atomic E-state index is 12.4. The van der Waals surface area contributed by atoms with Crippen LogP contribution in [0.3, 0.4) is 0 Å². The van der Waals surface area contributed by atoms with E-state index in [4.69, 9.17) is 0 Å². The van der Waals surface area contributed by atoms with Crippen LogP contribution in [0.1, 0.15) is 38.5 Å². The number of rotatable bonds is 4. The SMILES string of the molecule is O=C(O)[C@@H]1[C@@H](C(=O)NCC2CCCCC2)[C@H]2C=C[C@@H]1C2. The number of carbonyl (C=O) groups excluding carboxylic acids is 1. The van der Waals surface area contributed by atoms with E-state index in [9.17, 15) is 14.7 Å². The smallest absolute Gasteiger partial charge is 0.307 e. The Labute approximate surface area is 119 Å². The molecule has 2 N–H and O–H groups in total. The number of hydrogen-bond acceptors (Lipinski definition) is 2. The molecule has 4 atom stereocenters. The van der Waals surface area contributed by atoms with Gasteiger partial charge in [0.15, 0.2) is 0 Å². The van der Waals surface area contributed by atoms with Gasteiger partial charge in [-0.05, 0) is 37.0 Å². The van der Waals surface area contributed by atoms with E-state index in [1.807, 2.05) is 12.2 Å². The van der Waals surface area contributed by atoms with E-state index in [1.165, 1.54) is 32.1 Å². The first-order valence-electron chi connectivity index (χ1n) is 7.85. The Morgan fingerprint density at radius 3 is 2.35 bits per heavy atom. The standard InChI is InChI=1S/C16H23NO3/c18-15(17-9-10-4-2-1-3-5-10)13-11-6-7-12(8-11)14(13)16(19)20/h6-7,10-14H,1-5,8-9H2,(H,17,18)(H,19,20)/t11-,12+,13-,14-/m0/s1. The van der Waals surface area contributed by atoms with E-state index in [2.05, 4.69) is 5.32 Å². The number of aliphatic carboxylic acids is 1. The first-order valence-corrected chi connectivity index (χ1v) is 7.85. The molecule has 2 saturated carbocycles. The summed E-state index contributed by atoms with van der Waals surface area (Å²) < 4.78 is 0. The van der Waals surface area contributed by atoms with Crippen molar-refractivity contribution in [2.24, 2.45) is 29.6 Å². The Balaban J connectivity index is 1.58. The van der Waals surface area contributed by atoms with Crippen molar-refractivity contribution < 1.29 is 14.7 Å². The number of carbonyl (C=O) groups is 2. The highest BCUT2D eigenvalue weighted by molar-refractivity contribution is 5.86. The van der Waals surface area contributed by atoms with Gasteiger partial charge in [0.2, 0.25) is 5.91 Å². The summed E-state index contributed by atoms with van der Waals surface area (Å²) in [6.07, 6.45) is 11.1. The summed E-state index contributed by atoms with van der Waals surface area (Å²) in [5.41, 5.74) is 0. The van der Waals surface area contributed by atoms with Gasteiger partial charge in [0.05, 0.1) is 11.8 Å². The van der Waals surface area contributed by atoms with Crippen molar-refractivity contribution in [2.75, 3.05) is 6.54 Å². The molecule has 0 aromatic heterocycles. The van der Waals surface area contributed by atoms with Crippen molar-refractivity contribution in [1.29, 1.82) is 0 Å². The molecule has 2 fully saturated rings. The molecule has 0 heterocycles. The molecule has 3 aliphatic rings. The van der Waals surface area contributed by atoms with Crippen molar-refractivity contribution in [3.8, 4) is 0 Å². The first kappa shape index (κ1) is 13.7. The molecule has 0 radical (unpaired) electrons. The van der Waals surface area contributed by atoms with E-state index in [0.29, 0.717) is 5.92 Å². The Hall–Kier alpha value is -1.32. The molecule has 1 amide bonds. The number of allylic oxidation sites excluding steroid dienone is 2. The van der Waals surface area contributed by atoms with Crippen molar-refractivity contribution in [2.45, 2.75) is 38.5 Å². The minimum atomic E-state index is -0.820. The molecule has 0 unspecified atom stereocenters. The molecule has 0 spiro atoms. The third-order valence-electron chi connectivity index (χ3n) is 5.34. The summed E-state index contributed by atoms with van der Waals surface area (Å²) >= 11 is 0. The van der Waals surface area contributed by atoms with E-state index in [-0.39, 0.29) is 23.7 Å². The van der Waals surface area contributed by atoms with Crippen molar-refractivity contribution in [3.63, 3.8) is 0 Å². The molecule has 3 rings (SSSR count). The maximum Gasteiger partial charge on any atom is 0.307 e. The number of amides is 1. The molecule has 0 saturated heterocycles. The van der Waals surface area contributed by atoms with Gasteiger partial charge in [-0.2, -0.15) is 0 Å². The maximum atomic E-state index is 12.4. The fourth-order valence-electron chi connectivity index (χ4n) is 4.27. The van der Waals surface area contributed by atoms with Crippen LogP contribution in [0.2, 0.25) is 0 Å². The van der Waals surface area contributed by atoms with Gasteiger partial charge in [0.25, 0.3) is 0 Å². The fraction of sp³-hybridized carbons (Fsp3) is 0.750. The summed E-state index contributed by atoms with van der Waals surface area (Å²) in [5, 5.41) is 12.4. The van der Waals surface area contributed by atoms with Crippen LogP contribution in [0.5, 0.6) is 0 Å². The zero-order valence-electron chi connectivity index (χ0n) is 11.8. The van der Waals surface area contributed by atoms with Crippen molar-refractivity contribution in [1.82, 2.24) is 5.32 Å². The highest BCUT2D eigenvalue weighted by Crippen LogP contribution is 2.48. The molecule has 4 nitrogen and oxygen atoms in total. The van der Waals surface area contributed by atoms with Gasteiger partial charge in [-0.15, -0.1) is 0 Å². The lowest BCUT2D eigenvalue weighted by molar-refractivity contribution is -0.147. The number of hydrogen-bond donors (Lipinski definition) is 2. The molecule has 0 aliphatic heterocycles. The first-order chi connectivity index (χ1) is 9.66. The quantitative estimate of drug-likeness (QED) is 0.774. The molecular formula is C16H23NO3. The van der Waals surface area contributed by atoms with E-state index < -0.39 is 11.9 Å². The van der Waals surface area contributed by atoms with E-state index >= 15 is 0 Å². The molecule has 110 valence electrons. The Morgan fingerprint density at radius 2 is 1.70 bits per heavy atom. The Bertz CT molecular complexity index is 425. The van der Waals surface area contributed by atoms with Crippen LogP contribution in [0.25, 0.3) is 0 Å². The van der Waals surface area contributed by atoms with Crippen LogP contribution in [-0.4, -0.2) is 23.5 Å². The second-order valence-corrected chi connectivity index (χ2v) is 6.59. The van der Waals surface area contributed by atoms with Gasteiger partial charge in [-0.3, -0.25) is 9.59 Å². The zero-order valence-corrected chi connectivity index (χ0v) is 11.8. The predicted octanol–water partition coefficient (Wildman–Crippen LogP) is 2.21. The third kappa shape index (κ3) is 2.48. The van der Waals surface area contributed by atoms with E-state index in [0.717, 1.165) is 13.0 Å². The van der Waals surface area contributed by atoms with Crippen LogP contribution < -0.4 is 5.32 Å². The lowest BCUT2D eigenvalue weighted by Crippen LogP contribution is -2.42. The largest absolute Gasteiger partial charge is 0.481 e. The van der Waals surface area contributed by atoms with Gasteiger partial charge >= 0.3 is 5.97 Å². The van der Waals surface area contributed by atoms with Crippen molar-refractivity contribution in [3.05, 3.63) is 12.2 Å². The average Bonchev–Trinajstić information content (AvgIpc) is 3.06. The highest BCUT2D eigenvalue weighted by atomic mass is 16.4.